The number of carbonyl (C=O) groups is 2. The second-order valence-electron chi connectivity index (χ2n) is 6.02. The topological polar surface area (TPSA) is 80.3 Å². The molecule has 0 radical (unpaired) electrons. The molecule has 1 unspecified atom stereocenters. The third-order valence-electron chi connectivity index (χ3n) is 3.90. The maximum atomic E-state index is 12.0. The van der Waals surface area contributed by atoms with E-state index in [9.17, 15) is 9.59 Å². The van der Waals surface area contributed by atoms with Gasteiger partial charge in [0.2, 0.25) is 11.8 Å². The molecule has 2 aromatic rings. The highest BCUT2D eigenvalue weighted by atomic mass is 32.1. The Hall–Kier alpha value is -2.25. The van der Waals surface area contributed by atoms with Crippen LogP contribution < -0.4 is 10.6 Å². The minimum Gasteiger partial charge on any atom is -0.376 e. The van der Waals surface area contributed by atoms with Gasteiger partial charge in [-0.3, -0.25) is 9.59 Å². The molecule has 2 heterocycles. The maximum absolute atomic E-state index is 12.0. The van der Waals surface area contributed by atoms with Gasteiger partial charge in [-0.15, -0.1) is 11.3 Å². The summed E-state index contributed by atoms with van der Waals surface area (Å²) in [4.78, 5) is 27.6. The van der Waals surface area contributed by atoms with Crippen molar-refractivity contribution in [1.82, 2.24) is 10.3 Å². The Balaban J connectivity index is 1.54. The molecular formula is C18H21N3O3S. The number of aromatic nitrogens is 1. The van der Waals surface area contributed by atoms with Crippen LogP contribution in [-0.2, 0) is 20.7 Å². The number of nitrogens with one attached hydrogen (secondary N) is 2. The van der Waals surface area contributed by atoms with E-state index >= 15 is 0 Å². The first-order valence-electron chi connectivity index (χ1n) is 8.31. The van der Waals surface area contributed by atoms with Gasteiger partial charge in [0, 0.05) is 36.7 Å². The van der Waals surface area contributed by atoms with E-state index in [1.807, 2.05) is 29.6 Å². The highest BCUT2D eigenvalue weighted by Crippen LogP contribution is 2.25. The van der Waals surface area contributed by atoms with Crippen LogP contribution >= 0.6 is 11.3 Å². The van der Waals surface area contributed by atoms with Gasteiger partial charge in [0.25, 0.3) is 0 Å². The summed E-state index contributed by atoms with van der Waals surface area (Å²) in [6.07, 6.45) is 2.50. The van der Waals surface area contributed by atoms with Crippen LogP contribution in [0, 0.1) is 0 Å². The number of anilines is 1. The van der Waals surface area contributed by atoms with E-state index in [1.165, 1.54) is 18.3 Å². The lowest BCUT2D eigenvalue weighted by atomic mass is 10.2. The van der Waals surface area contributed by atoms with Crippen LogP contribution in [0.3, 0.4) is 0 Å². The lowest BCUT2D eigenvalue weighted by molar-refractivity contribution is -0.121. The van der Waals surface area contributed by atoms with E-state index in [0.717, 1.165) is 41.4 Å². The third-order valence-corrected chi connectivity index (χ3v) is 4.84. The van der Waals surface area contributed by atoms with Crippen LogP contribution in [0.2, 0.25) is 0 Å². The number of hydrogen-bond acceptors (Lipinski definition) is 5. The van der Waals surface area contributed by atoms with Crippen molar-refractivity contribution in [2.45, 2.75) is 32.3 Å². The summed E-state index contributed by atoms with van der Waals surface area (Å²) in [6, 6.07) is 7.50. The predicted molar refractivity (Wildman–Crippen MR) is 97.5 cm³/mol. The second kappa shape index (κ2) is 8.22. The van der Waals surface area contributed by atoms with Crippen molar-refractivity contribution in [3.05, 3.63) is 35.3 Å². The van der Waals surface area contributed by atoms with Gasteiger partial charge in [0.15, 0.2) is 0 Å². The molecule has 0 bridgehead atoms. The predicted octanol–water partition coefficient (Wildman–Crippen LogP) is 2.61. The molecule has 0 aliphatic carbocycles. The third kappa shape index (κ3) is 5.11. The monoisotopic (exact) mass is 359 g/mol. The number of ether oxygens (including phenoxy) is 1. The van der Waals surface area contributed by atoms with E-state index in [-0.39, 0.29) is 24.3 Å². The van der Waals surface area contributed by atoms with Crippen LogP contribution in [0.1, 0.15) is 25.5 Å². The molecule has 132 valence electrons. The summed E-state index contributed by atoms with van der Waals surface area (Å²) in [6.45, 7) is 2.84. The molecule has 6 nitrogen and oxygen atoms in total. The average Bonchev–Trinajstić information content (AvgIpc) is 3.25. The zero-order valence-electron chi connectivity index (χ0n) is 14.1. The Morgan fingerprint density at radius 3 is 2.80 bits per heavy atom. The van der Waals surface area contributed by atoms with E-state index in [1.54, 1.807) is 0 Å². The quantitative estimate of drug-likeness (QED) is 0.831. The largest absolute Gasteiger partial charge is 0.376 e. The normalized spacial score (nSPS) is 16.6. The summed E-state index contributed by atoms with van der Waals surface area (Å²) in [7, 11) is 0. The van der Waals surface area contributed by atoms with Gasteiger partial charge >= 0.3 is 0 Å². The van der Waals surface area contributed by atoms with E-state index in [4.69, 9.17) is 4.74 Å². The molecule has 1 saturated heterocycles. The minimum atomic E-state index is -0.0988. The van der Waals surface area contributed by atoms with E-state index < -0.39 is 0 Å². The molecule has 0 saturated carbocycles. The van der Waals surface area contributed by atoms with Crippen molar-refractivity contribution >= 4 is 28.8 Å². The van der Waals surface area contributed by atoms with Gasteiger partial charge in [-0.25, -0.2) is 4.98 Å². The summed E-state index contributed by atoms with van der Waals surface area (Å²) in [5.74, 6) is -0.133. The number of amides is 2. The lowest BCUT2D eigenvalue weighted by Gasteiger charge is -2.09. The van der Waals surface area contributed by atoms with Crippen molar-refractivity contribution in [1.29, 1.82) is 0 Å². The Kier molecular flexibility index (Phi) is 5.78. The fraction of sp³-hybridized carbons (Fsp3) is 0.389. The van der Waals surface area contributed by atoms with Crippen molar-refractivity contribution in [2.75, 3.05) is 18.5 Å². The molecule has 1 aliphatic rings. The molecule has 1 atom stereocenters. The maximum Gasteiger partial charge on any atom is 0.226 e. The number of benzene rings is 1. The van der Waals surface area contributed by atoms with Crippen LogP contribution in [0.5, 0.6) is 0 Å². The number of carbonyl (C=O) groups excluding carboxylic acids is 2. The van der Waals surface area contributed by atoms with Crippen LogP contribution in [0.15, 0.2) is 29.6 Å². The first-order chi connectivity index (χ1) is 12.1. The Bertz CT molecular complexity index is 736. The van der Waals surface area contributed by atoms with Gasteiger partial charge < -0.3 is 15.4 Å². The van der Waals surface area contributed by atoms with Gasteiger partial charge in [-0.05, 0) is 37.1 Å². The fourth-order valence-electron chi connectivity index (χ4n) is 2.68. The van der Waals surface area contributed by atoms with Gasteiger partial charge in [-0.2, -0.15) is 0 Å². The van der Waals surface area contributed by atoms with Crippen molar-refractivity contribution in [3.8, 4) is 10.6 Å². The molecule has 0 spiro atoms. The molecule has 2 amide bonds. The number of nitrogens with zero attached hydrogens (tertiary/aromatic N) is 1. The summed E-state index contributed by atoms with van der Waals surface area (Å²) >= 11 is 1.50. The Morgan fingerprint density at radius 1 is 1.32 bits per heavy atom. The first-order valence-corrected chi connectivity index (χ1v) is 9.19. The highest BCUT2D eigenvalue weighted by Gasteiger charge is 2.16. The summed E-state index contributed by atoms with van der Waals surface area (Å²) < 4.78 is 5.49. The standard InChI is InChI=1S/C18H21N3O3S/c1-12(22)20-14-6-4-13(5-7-14)18-21-15(11-25-18)9-17(23)19-10-16-3-2-8-24-16/h4-7,11,16H,2-3,8-10H2,1H3,(H,19,23)(H,20,22). The van der Waals surface area contributed by atoms with Crippen molar-refractivity contribution in [2.24, 2.45) is 0 Å². The summed E-state index contributed by atoms with van der Waals surface area (Å²) in [5, 5.41) is 8.40. The first kappa shape index (κ1) is 17.6. The van der Waals surface area contributed by atoms with Crippen LogP contribution in [0.25, 0.3) is 10.6 Å². The molecular weight excluding hydrogens is 338 g/mol. The smallest absolute Gasteiger partial charge is 0.226 e. The number of hydrogen-bond donors (Lipinski definition) is 2. The molecule has 1 aliphatic heterocycles. The van der Waals surface area contributed by atoms with Gasteiger partial charge in [0.1, 0.15) is 5.01 Å². The minimum absolute atomic E-state index is 0.0339. The van der Waals surface area contributed by atoms with E-state index in [2.05, 4.69) is 15.6 Å². The van der Waals surface area contributed by atoms with E-state index in [0.29, 0.717) is 6.54 Å². The SMILES string of the molecule is CC(=O)Nc1ccc(-c2nc(CC(=O)NCC3CCCO3)cs2)cc1. The van der Waals surface area contributed by atoms with Gasteiger partial charge in [-0.1, -0.05) is 0 Å². The second-order valence-corrected chi connectivity index (χ2v) is 6.88. The zero-order valence-corrected chi connectivity index (χ0v) is 14.9. The molecule has 3 rings (SSSR count). The number of rotatable bonds is 6. The van der Waals surface area contributed by atoms with Crippen molar-refractivity contribution < 1.29 is 14.3 Å². The lowest BCUT2D eigenvalue weighted by Crippen LogP contribution is -2.32. The molecule has 2 N–H and O–H groups in total. The Labute approximate surface area is 150 Å². The molecule has 1 fully saturated rings. The molecule has 25 heavy (non-hydrogen) atoms. The highest BCUT2D eigenvalue weighted by molar-refractivity contribution is 7.13. The fourth-order valence-corrected chi connectivity index (χ4v) is 3.51. The Morgan fingerprint density at radius 2 is 2.12 bits per heavy atom. The van der Waals surface area contributed by atoms with Crippen LogP contribution in [-0.4, -0.2) is 36.1 Å². The molecule has 1 aromatic carbocycles. The number of thiazole rings is 1. The molecule has 7 heteroatoms. The average molecular weight is 359 g/mol. The molecule has 1 aromatic heterocycles. The van der Waals surface area contributed by atoms with Gasteiger partial charge in [0.05, 0.1) is 18.2 Å². The summed E-state index contributed by atoms with van der Waals surface area (Å²) in [5.41, 5.74) is 2.47. The zero-order chi connectivity index (χ0) is 17.6. The van der Waals surface area contributed by atoms with Crippen LogP contribution in [0.4, 0.5) is 5.69 Å². The van der Waals surface area contributed by atoms with Crippen molar-refractivity contribution in [3.63, 3.8) is 0 Å².